The number of aromatic nitrogens is 1. The van der Waals surface area contributed by atoms with Crippen LogP contribution >= 0.6 is 0 Å². The lowest BCUT2D eigenvalue weighted by Gasteiger charge is -2.24. The Morgan fingerprint density at radius 1 is 1.55 bits per heavy atom. The Bertz CT molecular complexity index is 526. The van der Waals surface area contributed by atoms with Gasteiger partial charge in [0.25, 0.3) is 5.91 Å². The first-order valence-electron chi connectivity index (χ1n) is 7.99. The fraction of sp³-hybridized carbons (Fsp3) is 0.750. The number of hydrogen-bond acceptors (Lipinski definition) is 5. The number of methoxy groups -OCH3 is 1. The predicted octanol–water partition coefficient (Wildman–Crippen LogP) is 1.42. The fourth-order valence-corrected chi connectivity index (χ4v) is 3.08. The molecule has 2 fully saturated rings. The van der Waals surface area contributed by atoms with Gasteiger partial charge < -0.3 is 14.1 Å². The molecule has 0 radical (unpaired) electrons. The van der Waals surface area contributed by atoms with Crippen LogP contribution in [-0.4, -0.2) is 67.1 Å². The van der Waals surface area contributed by atoms with Crippen LogP contribution in [0, 0.1) is 5.92 Å². The van der Waals surface area contributed by atoms with E-state index >= 15 is 0 Å². The molecule has 1 saturated carbocycles. The first kappa shape index (κ1) is 15.5. The summed E-state index contributed by atoms with van der Waals surface area (Å²) < 4.78 is 10.8. The van der Waals surface area contributed by atoms with Gasteiger partial charge in [-0.1, -0.05) is 0 Å². The normalized spacial score (nSPS) is 25.6. The van der Waals surface area contributed by atoms with Gasteiger partial charge >= 0.3 is 0 Å². The van der Waals surface area contributed by atoms with Gasteiger partial charge in [0.2, 0.25) is 0 Å². The zero-order valence-corrected chi connectivity index (χ0v) is 13.6. The van der Waals surface area contributed by atoms with Crippen molar-refractivity contribution in [3.8, 4) is 0 Å². The molecular weight excluding hydrogens is 282 g/mol. The molecule has 22 heavy (non-hydrogen) atoms. The van der Waals surface area contributed by atoms with Gasteiger partial charge in [-0.3, -0.25) is 9.69 Å². The average Bonchev–Trinajstić information content (AvgIpc) is 3.06. The summed E-state index contributed by atoms with van der Waals surface area (Å²) in [6, 6.07) is 0.330. The van der Waals surface area contributed by atoms with Crippen LogP contribution < -0.4 is 0 Å². The zero-order chi connectivity index (χ0) is 15.7. The van der Waals surface area contributed by atoms with Crippen molar-refractivity contribution in [3.05, 3.63) is 17.8 Å². The minimum atomic E-state index is -0.0694. The summed E-state index contributed by atoms with van der Waals surface area (Å²) in [6.45, 7) is 1.60. The Morgan fingerprint density at radius 2 is 2.32 bits per heavy atom. The highest BCUT2D eigenvalue weighted by Gasteiger charge is 2.31. The maximum atomic E-state index is 12.5. The van der Waals surface area contributed by atoms with Crippen LogP contribution in [0.3, 0.4) is 0 Å². The molecule has 1 aromatic rings. The fourth-order valence-electron chi connectivity index (χ4n) is 3.08. The lowest BCUT2D eigenvalue weighted by atomic mass is 10.2. The van der Waals surface area contributed by atoms with E-state index in [2.05, 4.69) is 16.9 Å². The molecule has 2 aliphatic rings. The number of oxazole rings is 1. The Morgan fingerprint density at radius 3 is 2.95 bits per heavy atom. The zero-order valence-electron chi connectivity index (χ0n) is 13.6. The number of nitrogens with zero attached hydrogens (tertiary/aromatic N) is 3. The molecule has 1 aliphatic heterocycles. The predicted molar refractivity (Wildman–Crippen MR) is 81.7 cm³/mol. The summed E-state index contributed by atoms with van der Waals surface area (Å²) in [5.74, 6) is 1.33. The van der Waals surface area contributed by atoms with Gasteiger partial charge in [0.15, 0.2) is 11.6 Å². The van der Waals surface area contributed by atoms with E-state index in [9.17, 15) is 4.79 Å². The van der Waals surface area contributed by atoms with Crippen molar-refractivity contribution in [2.75, 3.05) is 34.3 Å². The van der Waals surface area contributed by atoms with Crippen molar-refractivity contribution in [1.29, 1.82) is 0 Å². The molecule has 1 aromatic heterocycles. The number of carbonyl (C=O) groups is 1. The van der Waals surface area contributed by atoms with Crippen molar-refractivity contribution in [1.82, 2.24) is 14.8 Å². The van der Waals surface area contributed by atoms with E-state index in [1.807, 2.05) is 7.05 Å². The van der Waals surface area contributed by atoms with Crippen LogP contribution in [0.1, 0.15) is 35.6 Å². The minimum Gasteiger partial charge on any atom is -0.448 e. The maximum Gasteiger partial charge on any atom is 0.275 e. The van der Waals surface area contributed by atoms with Gasteiger partial charge in [-0.25, -0.2) is 4.98 Å². The smallest absolute Gasteiger partial charge is 0.275 e. The molecule has 0 aromatic carbocycles. The van der Waals surface area contributed by atoms with Gasteiger partial charge in [-0.2, -0.15) is 0 Å². The average molecular weight is 307 g/mol. The molecule has 1 amide bonds. The lowest BCUT2D eigenvalue weighted by molar-refractivity contribution is 0.0754. The number of amides is 1. The molecule has 0 bridgehead atoms. The van der Waals surface area contributed by atoms with Gasteiger partial charge in [0.05, 0.1) is 6.10 Å². The highest BCUT2D eigenvalue weighted by atomic mass is 16.5. The summed E-state index contributed by atoms with van der Waals surface area (Å²) in [5.41, 5.74) is 0.419. The first-order valence-corrected chi connectivity index (χ1v) is 7.99. The third-order valence-electron chi connectivity index (χ3n) is 4.75. The van der Waals surface area contributed by atoms with Crippen LogP contribution in [0.5, 0.6) is 0 Å². The topological polar surface area (TPSA) is 58.8 Å². The van der Waals surface area contributed by atoms with E-state index in [1.54, 1.807) is 12.0 Å². The van der Waals surface area contributed by atoms with Gasteiger partial charge in [0.1, 0.15) is 6.26 Å². The largest absolute Gasteiger partial charge is 0.448 e. The summed E-state index contributed by atoms with van der Waals surface area (Å²) in [7, 11) is 5.64. The molecule has 2 atom stereocenters. The van der Waals surface area contributed by atoms with Crippen LogP contribution in [0.15, 0.2) is 10.7 Å². The Balaban J connectivity index is 1.55. The second-order valence-electron chi connectivity index (χ2n) is 6.65. The van der Waals surface area contributed by atoms with E-state index in [4.69, 9.17) is 9.15 Å². The number of likely N-dealkylation sites (tertiary alicyclic amines) is 1. The van der Waals surface area contributed by atoms with Gasteiger partial charge in [-0.15, -0.1) is 0 Å². The summed E-state index contributed by atoms with van der Waals surface area (Å²) in [5, 5.41) is 0. The molecule has 0 N–H and O–H groups in total. The summed E-state index contributed by atoms with van der Waals surface area (Å²) >= 11 is 0. The molecule has 122 valence electrons. The van der Waals surface area contributed by atoms with Gasteiger partial charge in [0, 0.05) is 39.7 Å². The van der Waals surface area contributed by atoms with Crippen LogP contribution in [0.2, 0.25) is 0 Å². The van der Waals surface area contributed by atoms with Crippen molar-refractivity contribution >= 4 is 5.91 Å². The molecular formula is C16H25N3O3. The number of carbonyl (C=O) groups excluding carboxylic acids is 1. The monoisotopic (exact) mass is 307 g/mol. The standard InChI is InChI=1S/C16H25N3O3/c1-18-9-13(21-3)7-12(18)8-19(2)16(20)14-10-22-15(17-14)6-11-4-5-11/h10-13H,4-9H2,1-3H3/t12-,13-/m0/s1. The molecule has 6 heteroatoms. The van der Waals surface area contributed by atoms with Gasteiger partial charge in [-0.05, 0) is 32.2 Å². The first-order chi connectivity index (χ1) is 10.6. The molecule has 0 spiro atoms. The van der Waals surface area contributed by atoms with Crippen LogP contribution in [0.25, 0.3) is 0 Å². The SMILES string of the molecule is CO[C@H]1C[C@@H](CN(C)C(=O)c2coc(CC3CC3)n2)N(C)C1. The third-order valence-corrected chi connectivity index (χ3v) is 4.75. The highest BCUT2D eigenvalue weighted by Crippen LogP contribution is 2.32. The highest BCUT2D eigenvalue weighted by molar-refractivity contribution is 5.91. The number of ether oxygens (including phenoxy) is 1. The molecule has 2 heterocycles. The van der Waals surface area contributed by atoms with E-state index in [0.717, 1.165) is 19.4 Å². The third kappa shape index (κ3) is 3.50. The van der Waals surface area contributed by atoms with Crippen LogP contribution in [0.4, 0.5) is 0 Å². The van der Waals surface area contributed by atoms with E-state index in [0.29, 0.717) is 30.1 Å². The molecule has 1 saturated heterocycles. The Kier molecular flexibility index (Phi) is 4.49. The van der Waals surface area contributed by atoms with Crippen molar-refractivity contribution in [3.63, 3.8) is 0 Å². The Labute approximate surface area is 131 Å². The van der Waals surface area contributed by atoms with E-state index in [1.165, 1.54) is 19.1 Å². The van der Waals surface area contributed by atoms with Crippen molar-refractivity contribution in [2.45, 2.75) is 37.8 Å². The van der Waals surface area contributed by atoms with Crippen molar-refractivity contribution in [2.24, 2.45) is 5.92 Å². The minimum absolute atomic E-state index is 0.0694. The van der Waals surface area contributed by atoms with Crippen LogP contribution in [-0.2, 0) is 11.2 Å². The summed E-state index contributed by atoms with van der Waals surface area (Å²) in [6.07, 6.45) is 6.07. The number of hydrogen-bond donors (Lipinski definition) is 0. The second kappa shape index (κ2) is 6.38. The van der Waals surface area contributed by atoms with E-state index < -0.39 is 0 Å². The summed E-state index contributed by atoms with van der Waals surface area (Å²) in [4.78, 5) is 20.8. The van der Waals surface area contributed by atoms with E-state index in [-0.39, 0.29) is 12.0 Å². The number of likely N-dealkylation sites (N-methyl/N-ethyl adjacent to an activating group) is 2. The molecule has 0 unspecified atom stereocenters. The maximum absolute atomic E-state index is 12.5. The van der Waals surface area contributed by atoms with Crippen molar-refractivity contribution < 1.29 is 13.9 Å². The lowest BCUT2D eigenvalue weighted by Crippen LogP contribution is -2.39. The Hall–Kier alpha value is -1.40. The molecule has 3 rings (SSSR count). The second-order valence-corrected chi connectivity index (χ2v) is 6.65. The molecule has 6 nitrogen and oxygen atoms in total. The quantitative estimate of drug-likeness (QED) is 0.795. The number of rotatable bonds is 6. The molecule has 1 aliphatic carbocycles.